The van der Waals surface area contributed by atoms with Crippen LogP contribution in [0.2, 0.25) is 0 Å². The molecule has 5 aromatic carbocycles. The number of aromatic nitrogens is 2. The van der Waals surface area contributed by atoms with E-state index in [-0.39, 0.29) is 5.41 Å². The van der Waals surface area contributed by atoms with E-state index in [1.54, 1.807) is 0 Å². The van der Waals surface area contributed by atoms with Gasteiger partial charge in [0.1, 0.15) is 24.8 Å². The Morgan fingerprint density at radius 3 is 2.13 bits per heavy atom. The summed E-state index contributed by atoms with van der Waals surface area (Å²) in [6.45, 7) is 7.93. The van der Waals surface area contributed by atoms with Crippen molar-refractivity contribution in [3.8, 4) is 11.6 Å². The normalized spacial score (nSPS) is 13.0. The van der Waals surface area contributed by atoms with Crippen molar-refractivity contribution in [1.82, 2.24) is 9.55 Å². The molecule has 5 heteroatoms. The number of rotatable bonds is 6. The van der Waals surface area contributed by atoms with Gasteiger partial charge in [-0.3, -0.25) is 4.57 Å². The number of fused-ring (bicyclic) bond motifs is 4. The summed E-state index contributed by atoms with van der Waals surface area (Å²) in [4.78, 5) is 9.55. The Balaban J connectivity index is 1.10. The van der Waals surface area contributed by atoms with Gasteiger partial charge in [0, 0.05) is 34.4 Å². The van der Waals surface area contributed by atoms with Crippen LogP contribution in [0.25, 0.3) is 27.6 Å². The molecule has 1 aliphatic rings. The Morgan fingerprint density at radius 2 is 1.33 bits per heavy atom. The minimum Gasteiger partial charge on any atom is -0.489 e. The van der Waals surface area contributed by atoms with Gasteiger partial charge in [-0.05, 0) is 83.3 Å². The number of ether oxygens (including phenoxy) is 1. The topological polar surface area (TPSA) is 33.5 Å². The van der Waals surface area contributed by atoms with Crippen molar-refractivity contribution < 1.29 is 4.74 Å². The largest absolute Gasteiger partial charge is 0.489 e. The van der Waals surface area contributed by atoms with Crippen molar-refractivity contribution in [2.75, 3.05) is 16.5 Å². The fourth-order valence-corrected chi connectivity index (χ4v) is 6.54. The zero-order chi connectivity index (χ0) is 31.3. The minimum atomic E-state index is 0.0240. The van der Waals surface area contributed by atoms with Gasteiger partial charge in [0.15, 0.2) is 0 Å². The molecule has 0 atom stereocenters. The zero-order valence-corrected chi connectivity index (χ0v) is 26.4. The van der Waals surface area contributed by atoms with Crippen LogP contribution >= 0.6 is 0 Å². The van der Waals surface area contributed by atoms with E-state index in [2.05, 4.69) is 169 Å². The molecular weight excluding hydrogens is 564 g/mol. The summed E-state index contributed by atoms with van der Waals surface area (Å²) in [6, 6.07) is 47.1. The van der Waals surface area contributed by atoms with Gasteiger partial charge in [-0.15, -0.1) is 0 Å². The highest BCUT2D eigenvalue weighted by Gasteiger charge is 2.27. The van der Waals surface area contributed by atoms with Gasteiger partial charge in [-0.1, -0.05) is 81.4 Å². The van der Waals surface area contributed by atoms with Gasteiger partial charge in [0.05, 0.1) is 22.4 Å². The number of hydrogen-bond acceptors (Lipinski definition) is 4. The molecule has 0 unspecified atom stereocenters. The van der Waals surface area contributed by atoms with Crippen LogP contribution in [0.1, 0.15) is 31.9 Å². The fraction of sp³-hybridized carbons (Fsp3) is 0.146. The molecule has 8 rings (SSSR count). The Hall–Kier alpha value is -5.55. The van der Waals surface area contributed by atoms with Crippen molar-refractivity contribution in [3.63, 3.8) is 0 Å². The molecule has 46 heavy (non-hydrogen) atoms. The maximum atomic E-state index is 6.48. The lowest BCUT2D eigenvalue weighted by atomic mass is 9.88. The van der Waals surface area contributed by atoms with E-state index in [0.717, 1.165) is 40.5 Å². The Kier molecular flexibility index (Phi) is 6.75. The SMILES string of the molecule is CC(C)(C)c1ccnc(-n2c3ccccc3c3ccc(OCc4cccc(N5CN(c6ccccc6)c6ccccc65)c4)cc32)c1. The van der Waals surface area contributed by atoms with Crippen LogP contribution in [0.5, 0.6) is 5.75 Å². The molecule has 0 aliphatic carbocycles. The van der Waals surface area contributed by atoms with Crippen LogP contribution < -0.4 is 14.5 Å². The maximum Gasteiger partial charge on any atom is 0.137 e. The van der Waals surface area contributed by atoms with Crippen LogP contribution in [-0.4, -0.2) is 16.2 Å². The average molecular weight is 601 g/mol. The van der Waals surface area contributed by atoms with E-state index < -0.39 is 0 Å². The van der Waals surface area contributed by atoms with E-state index in [1.807, 2.05) is 6.20 Å². The smallest absolute Gasteiger partial charge is 0.137 e. The predicted molar refractivity (Wildman–Crippen MR) is 190 cm³/mol. The van der Waals surface area contributed by atoms with Gasteiger partial charge in [0.2, 0.25) is 0 Å². The first-order valence-electron chi connectivity index (χ1n) is 15.9. The lowest BCUT2D eigenvalue weighted by Gasteiger charge is -2.22. The van der Waals surface area contributed by atoms with Crippen LogP contribution in [0, 0.1) is 0 Å². The number of hydrogen-bond donors (Lipinski definition) is 0. The molecule has 0 saturated carbocycles. The van der Waals surface area contributed by atoms with Gasteiger partial charge in [-0.2, -0.15) is 0 Å². The highest BCUT2D eigenvalue weighted by Crippen LogP contribution is 2.44. The number of anilines is 4. The molecule has 0 spiro atoms. The second-order valence-electron chi connectivity index (χ2n) is 13.0. The van der Waals surface area contributed by atoms with Crippen LogP contribution in [-0.2, 0) is 12.0 Å². The highest BCUT2D eigenvalue weighted by molar-refractivity contribution is 6.09. The molecular formula is C41H36N4O. The zero-order valence-electron chi connectivity index (χ0n) is 26.4. The summed E-state index contributed by atoms with van der Waals surface area (Å²) < 4.78 is 8.74. The number of para-hydroxylation sites is 4. The lowest BCUT2D eigenvalue weighted by Crippen LogP contribution is -2.23. The third kappa shape index (κ3) is 4.94. The van der Waals surface area contributed by atoms with E-state index in [9.17, 15) is 0 Å². The molecule has 0 radical (unpaired) electrons. The molecule has 0 amide bonds. The molecule has 0 saturated heterocycles. The first-order valence-corrected chi connectivity index (χ1v) is 15.9. The molecule has 0 N–H and O–H groups in total. The molecule has 1 aliphatic heterocycles. The summed E-state index contributed by atoms with van der Waals surface area (Å²) in [7, 11) is 0. The summed E-state index contributed by atoms with van der Waals surface area (Å²) in [5, 5.41) is 2.39. The third-order valence-corrected chi connectivity index (χ3v) is 8.93. The van der Waals surface area contributed by atoms with Crippen LogP contribution in [0.4, 0.5) is 22.7 Å². The predicted octanol–water partition coefficient (Wildman–Crippen LogP) is 10.3. The molecule has 226 valence electrons. The molecule has 7 aromatic rings. The second kappa shape index (κ2) is 11.1. The van der Waals surface area contributed by atoms with Gasteiger partial charge < -0.3 is 14.5 Å². The fourth-order valence-electron chi connectivity index (χ4n) is 6.54. The van der Waals surface area contributed by atoms with Gasteiger partial charge >= 0.3 is 0 Å². The molecule has 0 bridgehead atoms. The van der Waals surface area contributed by atoms with Crippen molar-refractivity contribution in [1.29, 1.82) is 0 Å². The molecule has 5 nitrogen and oxygen atoms in total. The Bertz CT molecular complexity index is 2190. The van der Waals surface area contributed by atoms with E-state index >= 15 is 0 Å². The Morgan fingerprint density at radius 1 is 0.630 bits per heavy atom. The Labute approximate surface area is 269 Å². The lowest BCUT2D eigenvalue weighted by molar-refractivity contribution is 0.306. The van der Waals surface area contributed by atoms with Crippen molar-refractivity contribution >= 4 is 44.6 Å². The standard InChI is InChI=1S/C41H36N4O/c1-41(2,3)30-22-23-42-40(25-30)45-36-17-8-7-16-34(36)35-21-20-33(26-39(35)45)46-27-29-12-11-15-32(24-29)44-28-43(31-13-5-4-6-14-31)37-18-9-10-19-38(37)44/h4-26H,27-28H2,1-3H3. The van der Waals surface area contributed by atoms with Crippen molar-refractivity contribution in [2.24, 2.45) is 0 Å². The monoisotopic (exact) mass is 600 g/mol. The van der Waals surface area contributed by atoms with E-state index in [1.165, 1.54) is 33.4 Å². The number of pyridine rings is 1. The summed E-state index contributed by atoms with van der Waals surface area (Å²) >= 11 is 0. The summed E-state index contributed by atoms with van der Waals surface area (Å²) in [6.07, 6.45) is 1.92. The van der Waals surface area contributed by atoms with Crippen molar-refractivity contribution in [2.45, 2.75) is 32.8 Å². The van der Waals surface area contributed by atoms with Gasteiger partial charge in [0.25, 0.3) is 0 Å². The molecule has 2 aromatic heterocycles. The molecule has 0 fully saturated rings. The summed E-state index contributed by atoms with van der Waals surface area (Å²) in [5.41, 5.74) is 9.36. The van der Waals surface area contributed by atoms with Crippen molar-refractivity contribution in [3.05, 3.63) is 151 Å². The summed E-state index contributed by atoms with van der Waals surface area (Å²) in [5.74, 6) is 1.75. The van der Waals surface area contributed by atoms with Gasteiger partial charge in [-0.25, -0.2) is 4.98 Å². The highest BCUT2D eigenvalue weighted by atomic mass is 16.5. The van der Waals surface area contributed by atoms with E-state index in [4.69, 9.17) is 9.72 Å². The second-order valence-corrected chi connectivity index (χ2v) is 13.0. The first kappa shape index (κ1) is 28.0. The molecule has 3 heterocycles. The first-order chi connectivity index (χ1) is 22.4. The quantitative estimate of drug-likeness (QED) is 0.190. The minimum absolute atomic E-state index is 0.0240. The average Bonchev–Trinajstić information content (AvgIpc) is 3.64. The number of benzene rings is 5. The maximum absolute atomic E-state index is 6.48. The van der Waals surface area contributed by atoms with Crippen LogP contribution in [0.3, 0.4) is 0 Å². The number of nitrogens with zero attached hydrogens (tertiary/aromatic N) is 4. The van der Waals surface area contributed by atoms with E-state index in [0.29, 0.717) is 6.61 Å². The van der Waals surface area contributed by atoms with Crippen LogP contribution in [0.15, 0.2) is 140 Å². The third-order valence-electron chi connectivity index (χ3n) is 8.93.